The number of hydrogen-bond donors (Lipinski definition) is 2. The van der Waals surface area contributed by atoms with Crippen molar-refractivity contribution in [3.63, 3.8) is 0 Å². The van der Waals surface area contributed by atoms with Gasteiger partial charge in [-0.15, -0.1) is 12.3 Å². The van der Waals surface area contributed by atoms with Crippen LogP contribution in [0.2, 0.25) is 0 Å². The Labute approximate surface area is 74.9 Å². The molecule has 1 rings (SSSR count). The van der Waals surface area contributed by atoms with Crippen LogP contribution in [0.15, 0.2) is 0 Å². The van der Waals surface area contributed by atoms with E-state index >= 15 is 0 Å². The molecule has 1 aliphatic rings. The van der Waals surface area contributed by atoms with Gasteiger partial charge in [0.25, 0.3) is 0 Å². The lowest BCUT2D eigenvalue weighted by atomic mass is 9.98. The van der Waals surface area contributed by atoms with E-state index in [1.807, 2.05) is 0 Å². The van der Waals surface area contributed by atoms with Gasteiger partial charge in [-0.1, -0.05) is 12.8 Å². The Morgan fingerprint density at radius 1 is 1.42 bits per heavy atom. The molecule has 0 unspecified atom stereocenters. The van der Waals surface area contributed by atoms with Crippen molar-refractivity contribution in [2.75, 3.05) is 13.1 Å². The third kappa shape index (κ3) is 2.23. The Bertz CT molecular complexity index is 163. The van der Waals surface area contributed by atoms with Crippen LogP contribution in [-0.4, -0.2) is 18.6 Å². The van der Waals surface area contributed by atoms with Gasteiger partial charge in [0.2, 0.25) is 0 Å². The summed E-state index contributed by atoms with van der Waals surface area (Å²) in [6.45, 7) is 1.66. The molecule has 0 aromatic heterocycles. The van der Waals surface area contributed by atoms with E-state index in [1.54, 1.807) is 0 Å². The van der Waals surface area contributed by atoms with Gasteiger partial charge in [-0.25, -0.2) is 0 Å². The highest BCUT2D eigenvalue weighted by Gasteiger charge is 2.31. The highest BCUT2D eigenvalue weighted by Crippen LogP contribution is 2.28. The van der Waals surface area contributed by atoms with Gasteiger partial charge in [-0.3, -0.25) is 0 Å². The summed E-state index contributed by atoms with van der Waals surface area (Å²) in [6, 6.07) is 0. The summed E-state index contributed by atoms with van der Waals surface area (Å²) >= 11 is 0. The normalized spacial score (nSPS) is 20.7. The first-order valence-corrected chi connectivity index (χ1v) is 4.71. The Balaban J connectivity index is 2.30. The molecular formula is C10H18N2. The van der Waals surface area contributed by atoms with E-state index in [2.05, 4.69) is 11.2 Å². The maximum Gasteiger partial charge on any atom is 0.0304 e. The maximum absolute atomic E-state index is 5.74. The first kappa shape index (κ1) is 9.57. The molecule has 0 radical (unpaired) electrons. The fraction of sp³-hybridized carbons (Fsp3) is 0.800. The van der Waals surface area contributed by atoms with Crippen LogP contribution in [0.25, 0.3) is 0 Å². The summed E-state index contributed by atoms with van der Waals surface area (Å²) in [5.74, 6) is 2.63. The van der Waals surface area contributed by atoms with Gasteiger partial charge in [0.15, 0.2) is 0 Å². The van der Waals surface area contributed by atoms with E-state index in [4.69, 9.17) is 12.2 Å². The van der Waals surface area contributed by atoms with Crippen molar-refractivity contribution in [1.29, 1.82) is 0 Å². The molecule has 2 heteroatoms. The predicted molar refractivity (Wildman–Crippen MR) is 51.7 cm³/mol. The average Bonchev–Trinajstić information content (AvgIpc) is 2.55. The molecule has 0 atom stereocenters. The lowest BCUT2D eigenvalue weighted by Crippen LogP contribution is -2.49. The van der Waals surface area contributed by atoms with Crippen molar-refractivity contribution in [2.45, 2.75) is 37.6 Å². The second-order valence-corrected chi connectivity index (χ2v) is 3.57. The molecule has 1 fully saturated rings. The zero-order valence-electron chi connectivity index (χ0n) is 7.60. The third-order valence-electron chi connectivity index (χ3n) is 2.72. The van der Waals surface area contributed by atoms with Crippen LogP contribution in [0.5, 0.6) is 0 Å². The van der Waals surface area contributed by atoms with Crippen molar-refractivity contribution in [3.8, 4) is 12.3 Å². The summed E-state index contributed by atoms with van der Waals surface area (Å²) < 4.78 is 0. The van der Waals surface area contributed by atoms with Crippen molar-refractivity contribution < 1.29 is 0 Å². The van der Waals surface area contributed by atoms with Crippen LogP contribution in [0.1, 0.15) is 32.1 Å². The van der Waals surface area contributed by atoms with Gasteiger partial charge in [-0.2, -0.15) is 0 Å². The minimum atomic E-state index is 0.219. The monoisotopic (exact) mass is 166 g/mol. The van der Waals surface area contributed by atoms with Crippen molar-refractivity contribution in [1.82, 2.24) is 5.32 Å². The first-order valence-electron chi connectivity index (χ1n) is 4.71. The van der Waals surface area contributed by atoms with Gasteiger partial charge in [0.05, 0.1) is 0 Å². The Kier molecular flexibility index (Phi) is 3.58. The number of hydrogen-bond acceptors (Lipinski definition) is 2. The minimum Gasteiger partial charge on any atom is -0.329 e. The van der Waals surface area contributed by atoms with E-state index in [9.17, 15) is 0 Å². The Hall–Kier alpha value is -0.520. The summed E-state index contributed by atoms with van der Waals surface area (Å²) in [7, 11) is 0. The number of nitrogens with one attached hydrogen (secondary N) is 1. The van der Waals surface area contributed by atoms with Crippen molar-refractivity contribution in [3.05, 3.63) is 0 Å². The first-order chi connectivity index (χ1) is 5.83. The topological polar surface area (TPSA) is 38.0 Å². The summed E-state index contributed by atoms with van der Waals surface area (Å²) in [5.41, 5.74) is 5.96. The molecule has 0 saturated heterocycles. The quantitative estimate of drug-likeness (QED) is 0.480. The smallest absolute Gasteiger partial charge is 0.0304 e. The van der Waals surface area contributed by atoms with E-state index in [1.165, 1.54) is 25.7 Å². The fourth-order valence-electron chi connectivity index (χ4n) is 1.90. The molecule has 1 saturated carbocycles. The molecule has 0 aromatic rings. The van der Waals surface area contributed by atoms with Gasteiger partial charge >= 0.3 is 0 Å². The van der Waals surface area contributed by atoms with E-state index < -0.39 is 0 Å². The lowest BCUT2D eigenvalue weighted by Gasteiger charge is -2.28. The van der Waals surface area contributed by atoms with Gasteiger partial charge in [0.1, 0.15) is 0 Å². The number of nitrogens with two attached hydrogens (primary N) is 1. The van der Waals surface area contributed by atoms with Crippen molar-refractivity contribution in [2.24, 2.45) is 5.73 Å². The van der Waals surface area contributed by atoms with E-state index in [0.29, 0.717) is 0 Å². The Morgan fingerprint density at radius 3 is 2.58 bits per heavy atom. The summed E-state index contributed by atoms with van der Waals surface area (Å²) in [5, 5.41) is 3.48. The zero-order chi connectivity index (χ0) is 8.86. The number of rotatable bonds is 4. The molecule has 0 spiro atoms. The molecule has 0 bridgehead atoms. The molecule has 2 nitrogen and oxygen atoms in total. The molecule has 68 valence electrons. The summed E-state index contributed by atoms with van der Waals surface area (Å²) in [6.07, 6.45) is 11.0. The SMILES string of the molecule is C#CCCNC1(CN)CCCC1. The molecule has 0 aromatic carbocycles. The third-order valence-corrected chi connectivity index (χ3v) is 2.72. The molecule has 0 heterocycles. The molecule has 12 heavy (non-hydrogen) atoms. The Morgan fingerprint density at radius 2 is 2.08 bits per heavy atom. The van der Waals surface area contributed by atoms with Crippen LogP contribution < -0.4 is 11.1 Å². The van der Waals surface area contributed by atoms with E-state index in [0.717, 1.165) is 19.5 Å². The molecule has 0 aliphatic heterocycles. The van der Waals surface area contributed by atoms with Gasteiger partial charge < -0.3 is 11.1 Å². The van der Waals surface area contributed by atoms with E-state index in [-0.39, 0.29) is 5.54 Å². The summed E-state index contributed by atoms with van der Waals surface area (Å²) in [4.78, 5) is 0. The van der Waals surface area contributed by atoms with Crippen LogP contribution >= 0.6 is 0 Å². The standard InChI is InChI=1S/C10H18N2/c1-2-3-8-12-10(9-11)6-4-5-7-10/h1,12H,3-9,11H2. The second kappa shape index (κ2) is 4.49. The number of terminal acetylenes is 1. The van der Waals surface area contributed by atoms with Crippen LogP contribution in [0, 0.1) is 12.3 Å². The molecule has 0 amide bonds. The maximum atomic E-state index is 5.74. The largest absolute Gasteiger partial charge is 0.329 e. The highest BCUT2D eigenvalue weighted by atomic mass is 15.0. The molecule has 1 aliphatic carbocycles. The highest BCUT2D eigenvalue weighted by molar-refractivity contribution is 4.95. The van der Waals surface area contributed by atoms with Gasteiger partial charge in [-0.05, 0) is 12.8 Å². The molecule has 3 N–H and O–H groups in total. The van der Waals surface area contributed by atoms with Crippen LogP contribution in [0.3, 0.4) is 0 Å². The molecular weight excluding hydrogens is 148 g/mol. The van der Waals surface area contributed by atoms with Crippen molar-refractivity contribution >= 4 is 0 Å². The van der Waals surface area contributed by atoms with Crippen LogP contribution in [-0.2, 0) is 0 Å². The second-order valence-electron chi connectivity index (χ2n) is 3.57. The van der Waals surface area contributed by atoms with Crippen LogP contribution in [0.4, 0.5) is 0 Å². The fourth-order valence-corrected chi connectivity index (χ4v) is 1.90. The lowest BCUT2D eigenvalue weighted by molar-refractivity contribution is 0.345. The minimum absolute atomic E-state index is 0.219. The predicted octanol–water partition coefficient (Wildman–Crippen LogP) is 0.871. The van der Waals surface area contributed by atoms with Gasteiger partial charge in [0, 0.05) is 25.0 Å². The zero-order valence-corrected chi connectivity index (χ0v) is 7.60. The average molecular weight is 166 g/mol.